The molecule has 2 aromatic rings. The number of imidazole rings is 1. The summed E-state index contributed by atoms with van der Waals surface area (Å²) in [5, 5.41) is 10.1. The summed E-state index contributed by atoms with van der Waals surface area (Å²) in [5.74, 6) is 0.822. The van der Waals surface area contributed by atoms with E-state index >= 15 is 0 Å². The third kappa shape index (κ3) is 2.27. The highest BCUT2D eigenvalue weighted by Crippen LogP contribution is 2.26. The lowest BCUT2D eigenvalue weighted by Gasteiger charge is -2.18. The van der Waals surface area contributed by atoms with Gasteiger partial charge in [0.05, 0.1) is 12.1 Å². The predicted molar refractivity (Wildman–Crippen MR) is 72.7 cm³/mol. The average Bonchev–Trinajstić information content (AvgIpc) is 2.95. The highest BCUT2D eigenvalue weighted by molar-refractivity contribution is 5.50. The number of hydrogen-bond donors (Lipinski definition) is 1. The van der Waals surface area contributed by atoms with E-state index in [9.17, 15) is 5.11 Å². The highest BCUT2D eigenvalue weighted by atomic mass is 16.3. The number of hydrogen-bond acceptors (Lipinski definition) is 4. The SMILES string of the molecule is Cc1cccc(-c2nccn2[C@@H]2CN(C)C[C@H]2O)n1. The fourth-order valence-corrected chi connectivity index (χ4v) is 2.68. The van der Waals surface area contributed by atoms with E-state index in [0.29, 0.717) is 6.54 Å². The quantitative estimate of drug-likeness (QED) is 0.876. The number of rotatable bonds is 2. The van der Waals surface area contributed by atoms with E-state index in [1.807, 2.05) is 42.9 Å². The lowest BCUT2D eigenvalue weighted by Crippen LogP contribution is -2.22. The van der Waals surface area contributed by atoms with Crippen LogP contribution in [-0.4, -0.2) is 50.8 Å². The van der Waals surface area contributed by atoms with Crippen LogP contribution in [0, 0.1) is 6.92 Å². The van der Waals surface area contributed by atoms with Crippen molar-refractivity contribution in [2.75, 3.05) is 20.1 Å². The normalized spacial score (nSPS) is 23.9. The van der Waals surface area contributed by atoms with Crippen molar-refractivity contribution in [2.45, 2.75) is 19.1 Å². The van der Waals surface area contributed by atoms with E-state index in [1.54, 1.807) is 6.20 Å². The smallest absolute Gasteiger partial charge is 0.159 e. The van der Waals surface area contributed by atoms with Crippen LogP contribution in [0.25, 0.3) is 11.5 Å². The van der Waals surface area contributed by atoms with E-state index in [4.69, 9.17) is 0 Å². The van der Waals surface area contributed by atoms with Gasteiger partial charge in [0.2, 0.25) is 0 Å². The Balaban J connectivity index is 1.99. The molecule has 2 aromatic heterocycles. The van der Waals surface area contributed by atoms with Crippen molar-refractivity contribution < 1.29 is 5.11 Å². The second kappa shape index (κ2) is 4.75. The first-order chi connectivity index (χ1) is 9.15. The van der Waals surface area contributed by atoms with Crippen LogP contribution in [-0.2, 0) is 0 Å². The summed E-state index contributed by atoms with van der Waals surface area (Å²) in [4.78, 5) is 11.0. The third-order valence-electron chi connectivity index (χ3n) is 3.58. The Hall–Kier alpha value is -1.72. The van der Waals surface area contributed by atoms with Crippen LogP contribution < -0.4 is 0 Å². The van der Waals surface area contributed by atoms with Gasteiger partial charge in [0.25, 0.3) is 0 Å². The molecule has 0 aliphatic carbocycles. The Morgan fingerprint density at radius 3 is 2.84 bits per heavy atom. The summed E-state index contributed by atoms with van der Waals surface area (Å²) in [6.07, 6.45) is 3.33. The maximum Gasteiger partial charge on any atom is 0.159 e. The number of likely N-dealkylation sites (N-methyl/N-ethyl adjacent to an activating group) is 1. The molecule has 0 saturated carbocycles. The van der Waals surface area contributed by atoms with Gasteiger partial charge in [0.1, 0.15) is 5.69 Å². The maximum atomic E-state index is 10.1. The van der Waals surface area contributed by atoms with E-state index < -0.39 is 0 Å². The monoisotopic (exact) mass is 258 g/mol. The van der Waals surface area contributed by atoms with Gasteiger partial charge in [-0.15, -0.1) is 0 Å². The van der Waals surface area contributed by atoms with Crippen LogP contribution >= 0.6 is 0 Å². The maximum absolute atomic E-state index is 10.1. The zero-order chi connectivity index (χ0) is 13.4. The fraction of sp³-hybridized carbons (Fsp3) is 0.429. The van der Waals surface area contributed by atoms with Gasteiger partial charge in [-0.3, -0.25) is 0 Å². The van der Waals surface area contributed by atoms with Crippen molar-refractivity contribution in [3.8, 4) is 11.5 Å². The molecule has 0 unspecified atom stereocenters. The molecule has 0 amide bonds. The van der Waals surface area contributed by atoms with E-state index in [0.717, 1.165) is 23.8 Å². The summed E-state index contributed by atoms with van der Waals surface area (Å²) in [6, 6.07) is 5.95. The van der Waals surface area contributed by atoms with Gasteiger partial charge >= 0.3 is 0 Å². The molecule has 0 spiro atoms. The van der Waals surface area contributed by atoms with Gasteiger partial charge in [-0.1, -0.05) is 6.07 Å². The molecule has 0 aromatic carbocycles. The Labute approximate surface area is 112 Å². The Kier molecular flexibility index (Phi) is 3.08. The molecular formula is C14H18N4O. The summed E-state index contributed by atoms with van der Waals surface area (Å²) in [7, 11) is 2.02. The minimum absolute atomic E-state index is 0.0461. The number of aliphatic hydroxyl groups excluding tert-OH is 1. The molecule has 1 N–H and O–H groups in total. The van der Waals surface area contributed by atoms with Gasteiger partial charge in [-0.25, -0.2) is 9.97 Å². The van der Waals surface area contributed by atoms with Crippen LogP contribution in [0.1, 0.15) is 11.7 Å². The van der Waals surface area contributed by atoms with Crippen molar-refractivity contribution in [3.63, 3.8) is 0 Å². The van der Waals surface area contributed by atoms with Gasteiger partial charge in [-0.2, -0.15) is 0 Å². The van der Waals surface area contributed by atoms with Crippen LogP contribution in [0.4, 0.5) is 0 Å². The van der Waals surface area contributed by atoms with Crippen molar-refractivity contribution in [2.24, 2.45) is 0 Å². The van der Waals surface area contributed by atoms with E-state index in [-0.39, 0.29) is 12.1 Å². The number of nitrogens with zero attached hydrogens (tertiary/aromatic N) is 4. The van der Waals surface area contributed by atoms with Crippen molar-refractivity contribution >= 4 is 0 Å². The lowest BCUT2D eigenvalue weighted by atomic mass is 10.2. The number of likely N-dealkylation sites (tertiary alicyclic amines) is 1. The minimum atomic E-state index is -0.359. The first-order valence-corrected chi connectivity index (χ1v) is 6.48. The molecule has 3 rings (SSSR count). The van der Waals surface area contributed by atoms with Crippen molar-refractivity contribution in [3.05, 3.63) is 36.3 Å². The second-order valence-electron chi connectivity index (χ2n) is 5.18. The van der Waals surface area contributed by atoms with Gasteiger partial charge in [0, 0.05) is 31.2 Å². The van der Waals surface area contributed by atoms with Crippen LogP contribution in [0.3, 0.4) is 0 Å². The van der Waals surface area contributed by atoms with Crippen LogP contribution in [0.5, 0.6) is 0 Å². The van der Waals surface area contributed by atoms with Gasteiger partial charge in [-0.05, 0) is 26.1 Å². The molecule has 3 heterocycles. The van der Waals surface area contributed by atoms with Crippen LogP contribution in [0.15, 0.2) is 30.6 Å². The van der Waals surface area contributed by atoms with Crippen molar-refractivity contribution in [1.29, 1.82) is 0 Å². The van der Waals surface area contributed by atoms with Gasteiger partial charge < -0.3 is 14.6 Å². The molecule has 5 heteroatoms. The molecule has 1 saturated heterocycles. The van der Waals surface area contributed by atoms with E-state index in [2.05, 4.69) is 14.9 Å². The second-order valence-corrected chi connectivity index (χ2v) is 5.18. The van der Waals surface area contributed by atoms with Gasteiger partial charge in [0.15, 0.2) is 5.82 Å². The molecule has 1 aliphatic heterocycles. The number of aliphatic hydroxyl groups is 1. The zero-order valence-electron chi connectivity index (χ0n) is 11.2. The topological polar surface area (TPSA) is 54.2 Å². The summed E-state index contributed by atoms with van der Waals surface area (Å²) in [5.41, 5.74) is 1.82. The number of β-amino-alcohol motifs (C(OH)–C–C–N with tert-alkyl or cyclic N) is 1. The zero-order valence-corrected chi connectivity index (χ0v) is 11.2. The largest absolute Gasteiger partial charge is 0.390 e. The van der Waals surface area contributed by atoms with E-state index in [1.165, 1.54) is 0 Å². The molecule has 1 aliphatic rings. The Bertz CT molecular complexity index is 580. The molecule has 5 nitrogen and oxygen atoms in total. The minimum Gasteiger partial charge on any atom is -0.390 e. The highest BCUT2D eigenvalue weighted by Gasteiger charge is 2.31. The fourth-order valence-electron chi connectivity index (χ4n) is 2.68. The summed E-state index contributed by atoms with van der Waals surface area (Å²) in [6.45, 7) is 3.49. The molecule has 100 valence electrons. The third-order valence-corrected chi connectivity index (χ3v) is 3.58. The number of aromatic nitrogens is 3. The Morgan fingerprint density at radius 2 is 2.16 bits per heavy atom. The Morgan fingerprint density at radius 1 is 1.32 bits per heavy atom. The lowest BCUT2D eigenvalue weighted by molar-refractivity contribution is 0.147. The molecule has 19 heavy (non-hydrogen) atoms. The molecule has 2 atom stereocenters. The number of pyridine rings is 1. The first kappa shape index (κ1) is 12.3. The summed E-state index contributed by atoms with van der Waals surface area (Å²) >= 11 is 0. The number of aryl methyl sites for hydroxylation is 1. The standard InChI is InChI=1S/C14H18N4O/c1-10-4-3-5-11(16-10)14-15-6-7-18(14)12-8-17(2)9-13(12)19/h3-7,12-13,19H,8-9H2,1-2H3/t12-,13-/m1/s1. The predicted octanol–water partition coefficient (Wildman–Crippen LogP) is 1.10. The summed E-state index contributed by atoms with van der Waals surface area (Å²) < 4.78 is 2.04. The first-order valence-electron chi connectivity index (χ1n) is 6.48. The molecule has 1 fully saturated rings. The molecule has 0 bridgehead atoms. The van der Waals surface area contributed by atoms with Crippen LogP contribution in [0.2, 0.25) is 0 Å². The van der Waals surface area contributed by atoms with Crippen molar-refractivity contribution in [1.82, 2.24) is 19.4 Å². The molecular weight excluding hydrogens is 240 g/mol. The average molecular weight is 258 g/mol. The molecule has 0 radical (unpaired) electrons.